The molecule has 0 unspecified atom stereocenters. The molecule has 2 aromatic rings. The molecule has 0 spiro atoms. The van der Waals surface area contributed by atoms with Crippen molar-refractivity contribution in [1.29, 1.82) is 0 Å². The fourth-order valence-electron chi connectivity index (χ4n) is 1.53. The molecule has 1 N–H and O–H groups in total. The molecule has 2 rings (SSSR count). The van der Waals surface area contributed by atoms with E-state index in [1.165, 1.54) is 0 Å². The van der Waals surface area contributed by atoms with E-state index in [0.29, 0.717) is 16.0 Å². The molecule has 1 aromatic carbocycles. The smallest absolute Gasteiger partial charge is 0.263 e. The second-order valence-electron chi connectivity index (χ2n) is 3.95. The van der Waals surface area contributed by atoms with Gasteiger partial charge in [-0.05, 0) is 53.2 Å². The number of nitrogens with zero attached hydrogens (tertiary/aromatic N) is 1. The number of nitrogens with one attached hydrogen (secondary N) is 1. The van der Waals surface area contributed by atoms with Crippen LogP contribution in [0.15, 0.2) is 39.8 Å². The quantitative estimate of drug-likeness (QED) is 0.826. The van der Waals surface area contributed by atoms with Crippen LogP contribution in [0.1, 0.15) is 5.69 Å². The van der Waals surface area contributed by atoms with Gasteiger partial charge in [0.15, 0.2) is 0 Å². The summed E-state index contributed by atoms with van der Waals surface area (Å²) in [6.45, 7) is 1.66. The largest absolute Gasteiger partial charge is 0.278 e. The highest BCUT2D eigenvalue weighted by atomic mass is 79.9. The zero-order chi connectivity index (χ0) is 14.9. The molecule has 0 atom stereocenters. The van der Waals surface area contributed by atoms with Crippen molar-refractivity contribution in [3.05, 3.63) is 51.5 Å². The van der Waals surface area contributed by atoms with E-state index in [1.807, 2.05) is 0 Å². The number of benzene rings is 1. The van der Waals surface area contributed by atoms with Gasteiger partial charge in [0.05, 0.1) is 16.4 Å². The highest BCUT2D eigenvalue weighted by Gasteiger charge is 2.19. The summed E-state index contributed by atoms with van der Waals surface area (Å²) in [5.74, 6) is -0.601. The first-order valence-corrected chi connectivity index (χ1v) is 8.06. The summed E-state index contributed by atoms with van der Waals surface area (Å²) in [5.41, 5.74) is 0.828. The van der Waals surface area contributed by atoms with Crippen molar-refractivity contribution in [3.63, 3.8) is 0 Å². The Bertz CT molecular complexity index is 768. The molecule has 8 heteroatoms. The summed E-state index contributed by atoms with van der Waals surface area (Å²) in [5, 5.41) is -0.180. The van der Waals surface area contributed by atoms with Gasteiger partial charge in [-0.2, -0.15) is 0 Å². The van der Waals surface area contributed by atoms with Crippen LogP contribution in [0.25, 0.3) is 0 Å². The predicted molar refractivity (Wildman–Crippen MR) is 78.9 cm³/mol. The summed E-state index contributed by atoms with van der Waals surface area (Å²) in [4.78, 5) is 3.89. The molecule has 0 aliphatic rings. The highest BCUT2D eigenvalue weighted by molar-refractivity contribution is 9.10. The third kappa shape index (κ3) is 3.28. The summed E-state index contributed by atoms with van der Waals surface area (Å²) in [6, 6.07) is 6.27. The monoisotopic (exact) mass is 378 g/mol. The lowest BCUT2D eigenvalue weighted by atomic mass is 10.3. The van der Waals surface area contributed by atoms with Crippen LogP contribution in [0.2, 0.25) is 5.02 Å². The Morgan fingerprint density at radius 1 is 1.30 bits per heavy atom. The van der Waals surface area contributed by atoms with Crippen LogP contribution in [-0.4, -0.2) is 13.4 Å². The van der Waals surface area contributed by atoms with Crippen LogP contribution in [0.5, 0.6) is 0 Å². The number of hydrogen-bond donors (Lipinski definition) is 1. The molecular formula is C12H9BrClFN2O2S. The zero-order valence-corrected chi connectivity index (χ0v) is 13.4. The van der Waals surface area contributed by atoms with E-state index in [1.54, 1.807) is 19.1 Å². The molecule has 0 aliphatic heterocycles. The van der Waals surface area contributed by atoms with Gasteiger partial charge in [0.25, 0.3) is 10.0 Å². The van der Waals surface area contributed by atoms with Crippen molar-refractivity contribution >= 4 is 43.2 Å². The number of aromatic nitrogens is 1. The van der Waals surface area contributed by atoms with E-state index in [9.17, 15) is 12.8 Å². The molecule has 0 amide bonds. The third-order valence-electron chi connectivity index (χ3n) is 2.48. The Kier molecular flexibility index (Phi) is 4.31. The van der Waals surface area contributed by atoms with Gasteiger partial charge in [0, 0.05) is 0 Å². The SMILES string of the molecule is Cc1nc(Br)ccc1NS(=O)(=O)c1ccc(F)cc1Cl. The Labute approximate surface area is 129 Å². The van der Waals surface area contributed by atoms with Crippen molar-refractivity contribution in [1.82, 2.24) is 4.98 Å². The van der Waals surface area contributed by atoms with E-state index >= 15 is 0 Å². The lowest BCUT2D eigenvalue weighted by molar-refractivity contribution is 0.599. The number of halogens is 3. The Balaban J connectivity index is 2.41. The highest BCUT2D eigenvalue weighted by Crippen LogP contribution is 2.25. The number of aryl methyl sites for hydroxylation is 1. The first-order valence-electron chi connectivity index (χ1n) is 5.40. The zero-order valence-electron chi connectivity index (χ0n) is 10.2. The summed E-state index contributed by atoms with van der Waals surface area (Å²) in [7, 11) is -3.90. The summed E-state index contributed by atoms with van der Waals surface area (Å²) in [6.07, 6.45) is 0. The molecule has 106 valence electrons. The summed E-state index contributed by atoms with van der Waals surface area (Å²) >= 11 is 8.95. The van der Waals surface area contributed by atoms with Crippen molar-refractivity contribution in [2.24, 2.45) is 0 Å². The average molecular weight is 380 g/mol. The van der Waals surface area contributed by atoms with Crippen LogP contribution >= 0.6 is 27.5 Å². The Morgan fingerprint density at radius 3 is 2.60 bits per heavy atom. The molecule has 1 heterocycles. The topological polar surface area (TPSA) is 59.1 Å². The minimum atomic E-state index is -3.90. The molecule has 0 radical (unpaired) electrons. The standard InChI is InChI=1S/C12H9BrClFN2O2S/c1-7-10(3-5-12(13)16-7)17-20(18,19)11-4-2-8(15)6-9(11)14/h2-6,17H,1H3. The first kappa shape index (κ1) is 15.2. The lowest BCUT2D eigenvalue weighted by Crippen LogP contribution is -2.14. The van der Waals surface area contributed by atoms with Crippen LogP contribution in [0, 0.1) is 12.7 Å². The minimum Gasteiger partial charge on any atom is -0.278 e. The van der Waals surface area contributed by atoms with Gasteiger partial charge in [-0.25, -0.2) is 17.8 Å². The maximum Gasteiger partial charge on any atom is 0.263 e. The molecule has 0 saturated heterocycles. The lowest BCUT2D eigenvalue weighted by Gasteiger charge is -2.11. The fraction of sp³-hybridized carbons (Fsp3) is 0.0833. The van der Waals surface area contributed by atoms with Gasteiger partial charge in [0.1, 0.15) is 15.3 Å². The number of anilines is 1. The normalized spacial score (nSPS) is 11.4. The summed E-state index contributed by atoms with van der Waals surface area (Å²) < 4.78 is 40.4. The maximum atomic E-state index is 13.0. The van der Waals surface area contributed by atoms with Crippen molar-refractivity contribution in [2.75, 3.05) is 4.72 Å². The van der Waals surface area contributed by atoms with Crippen LogP contribution in [-0.2, 0) is 10.0 Å². The van der Waals surface area contributed by atoms with Gasteiger partial charge in [0.2, 0.25) is 0 Å². The van der Waals surface area contributed by atoms with E-state index in [4.69, 9.17) is 11.6 Å². The van der Waals surface area contributed by atoms with Crippen LogP contribution < -0.4 is 4.72 Å². The fourth-order valence-corrected chi connectivity index (χ4v) is 3.58. The maximum absolute atomic E-state index is 13.0. The van der Waals surface area contributed by atoms with E-state index < -0.39 is 15.8 Å². The van der Waals surface area contributed by atoms with Gasteiger partial charge in [-0.3, -0.25) is 4.72 Å². The Morgan fingerprint density at radius 2 is 2.00 bits per heavy atom. The third-order valence-corrected chi connectivity index (χ3v) is 4.77. The molecule has 1 aromatic heterocycles. The van der Waals surface area contributed by atoms with Gasteiger partial charge >= 0.3 is 0 Å². The van der Waals surface area contributed by atoms with Crippen molar-refractivity contribution < 1.29 is 12.8 Å². The Hall–Kier alpha value is -1.18. The molecule has 20 heavy (non-hydrogen) atoms. The average Bonchev–Trinajstić information content (AvgIpc) is 2.32. The second-order valence-corrected chi connectivity index (χ2v) is 6.82. The molecule has 4 nitrogen and oxygen atoms in total. The van der Waals surface area contributed by atoms with Gasteiger partial charge in [-0.15, -0.1) is 0 Å². The van der Waals surface area contributed by atoms with Crippen LogP contribution in [0.3, 0.4) is 0 Å². The first-order chi connectivity index (χ1) is 9.29. The number of sulfonamides is 1. The molecule has 0 fully saturated rings. The number of rotatable bonds is 3. The molecule has 0 bridgehead atoms. The molecular weight excluding hydrogens is 371 g/mol. The van der Waals surface area contributed by atoms with E-state index in [-0.39, 0.29) is 9.92 Å². The number of pyridine rings is 1. The van der Waals surface area contributed by atoms with Crippen LogP contribution in [0.4, 0.5) is 10.1 Å². The van der Waals surface area contributed by atoms with Gasteiger partial charge < -0.3 is 0 Å². The van der Waals surface area contributed by atoms with Gasteiger partial charge in [-0.1, -0.05) is 11.6 Å². The molecule has 0 aliphatic carbocycles. The second kappa shape index (κ2) is 5.67. The van der Waals surface area contributed by atoms with E-state index in [0.717, 1.165) is 18.2 Å². The molecule has 0 saturated carbocycles. The number of hydrogen-bond acceptors (Lipinski definition) is 3. The minimum absolute atomic E-state index is 0.180. The van der Waals surface area contributed by atoms with Crippen molar-refractivity contribution in [2.45, 2.75) is 11.8 Å². The van der Waals surface area contributed by atoms with E-state index in [2.05, 4.69) is 25.6 Å². The predicted octanol–water partition coefficient (Wildman–Crippen LogP) is 3.75. The van der Waals surface area contributed by atoms with Crippen molar-refractivity contribution in [3.8, 4) is 0 Å².